The van der Waals surface area contributed by atoms with Crippen LogP contribution in [0.4, 0.5) is 11.8 Å². The zero-order chi connectivity index (χ0) is 30.1. The van der Waals surface area contributed by atoms with E-state index in [2.05, 4.69) is 35.4 Å². The van der Waals surface area contributed by atoms with E-state index in [4.69, 9.17) is 23.9 Å². The lowest BCUT2D eigenvalue weighted by Crippen LogP contribution is -2.37. The summed E-state index contributed by atoms with van der Waals surface area (Å²) in [5.41, 5.74) is 1.16. The van der Waals surface area contributed by atoms with Gasteiger partial charge < -0.3 is 29.6 Å². The summed E-state index contributed by atoms with van der Waals surface area (Å²) < 4.78 is 24.7. The Labute approximate surface area is 256 Å². The Morgan fingerprint density at radius 3 is 2.41 bits per heavy atom. The molecule has 3 aromatic rings. The van der Waals surface area contributed by atoms with Crippen LogP contribution < -0.4 is 25.7 Å². The molecule has 1 amide bonds. The SMILES string of the molecule is COc1c(OCCCN2CCOCC2)ccc2c3n(c(=NC(=O)c4cnc(NCCCN5CCOCC5)nc4)nc12)CCN3. The fourth-order valence-electron chi connectivity index (χ4n) is 5.65. The first-order chi connectivity index (χ1) is 21.7. The van der Waals surface area contributed by atoms with Crippen LogP contribution in [0.5, 0.6) is 11.5 Å². The first-order valence-corrected chi connectivity index (χ1v) is 15.4. The van der Waals surface area contributed by atoms with Crippen molar-refractivity contribution in [2.24, 2.45) is 4.99 Å². The van der Waals surface area contributed by atoms with Gasteiger partial charge in [0, 0.05) is 70.1 Å². The van der Waals surface area contributed by atoms with Gasteiger partial charge in [-0.3, -0.25) is 19.2 Å². The minimum Gasteiger partial charge on any atom is -0.491 e. The maximum atomic E-state index is 13.2. The molecule has 44 heavy (non-hydrogen) atoms. The number of benzene rings is 1. The van der Waals surface area contributed by atoms with Crippen molar-refractivity contribution in [1.29, 1.82) is 0 Å². The highest BCUT2D eigenvalue weighted by Gasteiger charge is 2.21. The number of methoxy groups -OCH3 is 1. The Morgan fingerprint density at radius 2 is 1.70 bits per heavy atom. The van der Waals surface area contributed by atoms with E-state index in [0.717, 1.165) is 96.3 Å². The van der Waals surface area contributed by atoms with Crippen LogP contribution in [0.15, 0.2) is 29.5 Å². The second kappa shape index (κ2) is 14.8. The van der Waals surface area contributed by atoms with Gasteiger partial charge in [0.2, 0.25) is 11.6 Å². The van der Waals surface area contributed by atoms with Crippen molar-refractivity contribution < 1.29 is 23.7 Å². The van der Waals surface area contributed by atoms with Crippen LogP contribution in [0.25, 0.3) is 10.9 Å². The van der Waals surface area contributed by atoms with Crippen LogP contribution in [0.2, 0.25) is 0 Å². The van der Waals surface area contributed by atoms with E-state index in [9.17, 15) is 4.79 Å². The van der Waals surface area contributed by atoms with Gasteiger partial charge in [-0.1, -0.05) is 0 Å². The predicted octanol–water partition coefficient (Wildman–Crippen LogP) is 1.24. The maximum Gasteiger partial charge on any atom is 0.283 e. The van der Waals surface area contributed by atoms with Crippen molar-refractivity contribution in [3.8, 4) is 11.5 Å². The number of carbonyl (C=O) groups excluding carboxylic acids is 1. The number of hydrogen-bond acceptors (Lipinski definition) is 12. The molecule has 14 heteroatoms. The van der Waals surface area contributed by atoms with E-state index in [-0.39, 0.29) is 11.2 Å². The molecule has 5 heterocycles. The normalized spacial score (nSPS) is 17.8. The number of nitrogens with one attached hydrogen (secondary N) is 2. The van der Waals surface area contributed by atoms with Crippen molar-refractivity contribution >= 4 is 28.6 Å². The topological polar surface area (TPSA) is 140 Å². The summed E-state index contributed by atoms with van der Waals surface area (Å²) in [4.78, 5) is 35.8. The third-order valence-corrected chi connectivity index (χ3v) is 8.02. The van der Waals surface area contributed by atoms with Crippen molar-refractivity contribution in [3.05, 3.63) is 35.7 Å². The third kappa shape index (κ3) is 7.26. The van der Waals surface area contributed by atoms with Crippen LogP contribution in [0.1, 0.15) is 23.2 Å². The summed E-state index contributed by atoms with van der Waals surface area (Å²) in [6, 6.07) is 3.88. The van der Waals surface area contributed by atoms with Crippen LogP contribution >= 0.6 is 0 Å². The summed E-state index contributed by atoms with van der Waals surface area (Å²) >= 11 is 0. The second-order valence-electron chi connectivity index (χ2n) is 10.9. The summed E-state index contributed by atoms with van der Waals surface area (Å²) in [6.07, 6.45) is 4.84. The van der Waals surface area contributed by atoms with E-state index in [1.807, 2.05) is 16.7 Å². The van der Waals surface area contributed by atoms with Gasteiger partial charge >= 0.3 is 0 Å². The Bertz CT molecular complexity index is 1480. The minimum atomic E-state index is -0.466. The average Bonchev–Trinajstić information content (AvgIpc) is 3.57. The highest BCUT2D eigenvalue weighted by Crippen LogP contribution is 2.37. The molecule has 0 radical (unpaired) electrons. The summed E-state index contributed by atoms with van der Waals surface area (Å²) in [7, 11) is 1.60. The van der Waals surface area contributed by atoms with Gasteiger partial charge in [-0.05, 0) is 31.5 Å². The number of rotatable bonds is 12. The van der Waals surface area contributed by atoms with Crippen LogP contribution in [0, 0.1) is 0 Å². The number of ether oxygens (including phenoxy) is 4. The fraction of sp³-hybridized carbons (Fsp3) is 0.567. The fourth-order valence-corrected chi connectivity index (χ4v) is 5.65. The molecule has 0 atom stereocenters. The molecule has 236 valence electrons. The molecular formula is C30H41N9O5. The van der Waals surface area contributed by atoms with Crippen molar-refractivity contribution in [3.63, 3.8) is 0 Å². The maximum absolute atomic E-state index is 13.2. The number of aromatic nitrogens is 4. The lowest BCUT2D eigenvalue weighted by atomic mass is 10.2. The second-order valence-corrected chi connectivity index (χ2v) is 10.9. The first kappa shape index (κ1) is 30.2. The van der Waals surface area contributed by atoms with Gasteiger partial charge in [0.15, 0.2) is 11.5 Å². The molecule has 2 aromatic heterocycles. The van der Waals surface area contributed by atoms with Crippen molar-refractivity contribution in [2.45, 2.75) is 19.4 Å². The van der Waals surface area contributed by atoms with E-state index in [0.29, 0.717) is 42.7 Å². The highest BCUT2D eigenvalue weighted by atomic mass is 16.5. The van der Waals surface area contributed by atoms with Crippen LogP contribution in [-0.2, 0) is 16.0 Å². The van der Waals surface area contributed by atoms with Gasteiger partial charge in [0.25, 0.3) is 5.91 Å². The Hall–Kier alpha value is -3.85. The number of fused-ring (bicyclic) bond motifs is 3. The number of morpholine rings is 2. The van der Waals surface area contributed by atoms with E-state index in [1.165, 1.54) is 12.4 Å². The van der Waals surface area contributed by atoms with Crippen LogP contribution in [0.3, 0.4) is 0 Å². The monoisotopic (exact) mass is 607 g/mol. The molecule has 2 N–H and O–H groups in total. The highest BCUT2D eigenvalue weighted by molar-refractivity contribution is 5.96. The zero-order valence-electron chi connectivity index (χ0n) is 25.3. The summed E-state index contributed by atoms with van der Waals surface area (Å²) in [5.74, 6) is 1.98. The molecule has 1 aromatic carbocycles. The van der Waals surface area contributed by atoms with Crippen LogP contribution in [-0.4, -0.2) is 128 Å². The summed E-state index contributed by atoms with van der Waals surface area (Å²) in [6.45, 7) is 11.6. The van der Waals surface area contributed by atoms with E-state index >= 15 is 0 Å². The lowest BCUT2D eigenvalue weighted by Gasteiger charge is -2.26. The Kier molecular flexibility index (Phi) is 10.1. The first-order valence-electron chi connectivity index (χ1n) is 15.4. The molecule has 2 fully saturated rings. The molecule has 3 aliphatic heterocycles. The predicted molar refractivity (Wildman–Crippen MR) is 164 cm³/mol. The van der Waals surface area contributed by atoms with Gasteiger partial charge in [0.05, 0.1) is 45.7 Å². The number of nitrogens with zero attached hydrogens (tertiary/aromatic N) is 7. The Morgan fingerprint density at radius 1 is 1.00 bits per heavy atom. The summed E-state index contributed by atoms with van der Waals surface area (Å²) in [5, 5.41) is 7.51. The number of hydrogen-bond donors (Lipinski definition) is 2. The molecule has 6 rings (SSSR count). The molecule has 0 saturated carbocycles. The number of carbonyl (C=O) groups is 1. The molecule has 14 nitrogen and oxygen atoms in total. The van der Waals surface area contributed by atoms with Crippen molar-refractivity contribution in [1.82, 2.24) is 29.3 Å². The standard InChI is InChI=1S/C30H41N9O5/c1-41-26-24(44-15-3-9-38-13-18-43-19-14-38)5-4-23-25(26)35-30(39-10-7-31-27(23)39)36-28(40)22-20-33-29(34-21-22)32-6-2-8-37-11-16-42-17-12-37/h4-5,20-21,31H,2-3,6-19H2,1H3,(H,32,33,34). The Balaban J connectivity index is 1.14. The molecule has 0 aliphatic carbocycles. The third-order valence-electron chi connectivity index (χ3n) is 8.02. The van der Waals surface area contributed by atoms with Gasteiger partial charge in [-0.25, -0.2) is 15.0 Å². The average molecular weight is 608 g/mol. The van der Waals surface area contributed by atoms with Gasteiger partial charge in [-0.2, -0.15) is 4.99 Å². The molecule has 0 spiro atoms. The number of anilines is 2. The van der Waals surface area contributed by atoms with Gasteiger partial charge in [-0.15, -0.1) is 0 Å². The minimum absolute atomic E-state index is 0.287. The smallest absolute Gasteiger partial charge is 0.283 e. The van der Waals surface area contributed by atoms with E-state index in [1.54, 1.807) is 7.11 Å². The molecule has 3 aliphatic rings. The van der Waals surface area contributed by atoms with Gasteiger partial charge in [0.1, 0.15) is 11.3 Å². The molecular weight excluding hydrogens is 566 g/mol. The molecule has 2 saturated heterocycles. The van der Waals surface area contributed by atoms with Crippen molar-refractivity contribution in [2.75, 3.05) is 103 Å². The molecule has 0 bridgehead atoms. The molecule has 0 unspecified atom stereocenters. The lowest BCUT2D eigenvalue weighted by molar-refractivity contribution is 0.0357. The quantitative estimate of drug-likeness (QED) is 0.286. The number of amides is 1. The van der Waals surface area contributed by atoms with E-state index < -0.39 is 5.91 Å². The zero-order valence-corrected chi connectivity index (χ0v) is 25.3. The largest absolute Gasteiger partial charge is 0.491 e.